The lowest BCUT2D eigenvalue weighted by Gasteiger charge is -2.17. The predicted molar refractivity (Wildman–Crippen MR) is 110 cm³/mol. The lowest BCUT2D eigenvalue weighted by Crippen LogP contribution is -2.17. The Balaban J connectivity index is 2.06. The van der Waals surface area contributed by atoms with E-state index in [0.29, 0.717) is 12.2 Å². The van der Waals surface area contributed by atoms with Gasteiger partial charge < -0.3 is 4.74 Å². The molecule has 0 bridgehead atoms. The number of thiazole rings is 1. The molecule has 1 heterocycles. The number of carbonyl (C=O) groups excluding carboxylic acids is 1. The van der Waals surface area contributed by atoms with Crippen LogP contribution in [0.1, 0.15) is 53.0 Å². The molecule has 0 atom stereocenters. The van der Waals surface area contributed by atoms with Crippen molar-refractivity contribution in [3.8, 4) is 5.75 Å². The number of rotatable bonds is 3. The predicted octanol–water partition coefficient (Wildman–Crippen LogP) is 6.38. The van der Waals surface area contributed by atoms with Crippen LogP contribution in [0.25, 0.3) is 21.0 Å². The maximum absolute atomic E-state index is 12.4. The lowest BCUT2D eigenvalue weighted by molar-refractivity contribution is -0.136. The summed E-state index contributed by atoms with van der Waals surface area (Å²) in [6, 6.07) is 10.0. The summed E-state index contributed by atoms with van der Waals surface area (Å²) in [4.78, 5) is 17.3. The second-order valence-corrected chi connectivity index (χ2v) is 10.4. The average Bonchev–Trinajstić information content (AvgIpc) is 2.85. The summed E-state index contributed by atoms with van der Waals surface area (Å²) >= 11 is 1.69. The molecule has 0 N–H and O–H groups in total. The maximum atomic E-state index is 12.4. The van der Waals surface area contributed by atoms with Gasteiger partial charge in [-0.2, -0.15) is 0 Å². The minimum Gasteiger partial charge on any atom is -0.426 e. The normalized spacial score (nSPS) is 12.7. The van der Waals surface area contributed by atoms with Crippen molar-refractivity contribution in [2.45, 2.75) is 54.4 Å². The van der Waals surface area contributed by atoms with Crippen LogP contribution in [-0.4, -0.2) is 11.0 Å². The number of fused-ring (bicyclic) bond motifs is 3. The third kappa shape index (κ3) is 4.42. The summed E-state index contributed by atoms with van der Waals surface area (Å²) in [5.74, 6) is 0.440. The van der Waals surface area contributed by atoms with Gasteiger partial charge in [0.15, 0.2) is 0 Å². The van der Waals surface area contributed by atoms with E-state index < -0.39 is 0 Å². The number of esters is 1. The third-order valence-electron chi connectivity index (χ3n) is 3.99. The molecule has 0 aliphatic carbocycles. The van der Waals surface area contributed by atoms with E-state index in [4.69, 9.17) is 9.72 Å². The molecular formula is C22H27NO2S. The first-order valence-corrected chi connectivity index (χ1v) is 9.85. The highest BCUT2D eigenvalue weighted by atomic mass is 32.1. The van der Waals surface area contributed by atoms with E-state index in [9.17, 15) is 4.79 Å². The van der Waals surface area contributed by atoms with Crippen molar-refractivity contribution >= 4 is 38.3 Å². The van der Waals surface area contributed by atoms with E-state index in [0.717, 1.165) is 32.4 Å². The van der Waals surface area contributed by atoms with Crippen LogP contribution in [0.3, 0.4) is 0 Å². The van der Waals surface area contributed by atoms with Gasteiger partial charge in [0.2, 0.25) is 0 Å². The second kappa shape index (κ2) is 6.66. The van der Waals surface area contributed by atoms with Crippen LogP contribution >= 0.6 is 11.3 Å². The van der Waals surface area contributed by atoms with Gasteiger partial charge in [-0.25, -0.2) is 4.98 Å². The van der Waals surface area contributed by atoms with Crippen molar-refractivity contribution in [3.63, 3.8) is 0 Å². The molecule has 0 radical (unpaired) electrons. The van der Waals surface area contributed by atoms with Gasteiger partial charge in [-0.15, -0.1) is 11.3 Å². The standard InChI is InChI=1S/C22H27NO2S/c1-21(2,3)12-18-23-20-15-10-8-7-9-14(15)16(11-17(20)26-18)25-19(24)13-22(4,5)6/h7-11H,12-13H2,1-6H3. The molecule has 0 aliphatic rings. The van der Waals surface area contributed by atoms with Crippen molar-refractivity contribution < 1.29 is 9.53 Å². The molecule has 1 aromatic heterocycles. The van der Waals surface area contributed by atoms with Gasteiger partial charge in [0.05, 0.1) is 21.6 Å². The Morgan fingerprint density at radius 1 is 1.04 bits per heavy atom. The fourth-order valence-electron chi connectivity index (χ4n) is 2.98. The van der Waals surface area contributed by atoms with Crippen molar-refractivity contribution in [1.29, 1.82) is 0 Å². The highest BCUT2D eigenvalue weighted by molar-refractivity contribution is 7.18. The molecule has 26 heavy (non-hydrogen) atoms. The monoisotopic (exact) mass is 369 g/mol. The van der Waals surface area contributed by atoms with E-state index in [1.807, 2.05) is 45.0 Å². The third-order valence-corrected chi connectivity index (χ3v) is 4.99. The Morgan fingerprint density at radius 2 is 1.69 bits per heavy atom. The number of ether oxygens (including phenoxy) is 1. The lowest BCUT2D eigenvalue weighted by atomic mass is 9.92. The molecule has 3 rings (SSSR count). The molecular weight excluding hydrogens is 342 g/mol. The summed E-state index contributed by atoms with van der Waals surface area (Å²) in [5, 5.41) is 3.10. The summed E-state index contributed by atoms with van der Waals surface area (Å²) in [6.07, 6.45) is 1.32. The van der Waals surface area contributed by atoms with Gasteiger partial charge >= 0.3 is 5.97 Å². The molecule has 0 saturated carbocycles. The van der Waals surface area contributed by atoms with Crippen LogP contribution in [0, 0.1) is 10.8 Å². The van der Waals surface area contributed by atoms with Crippen LogP contribution in [0.4, 0.5) is 0 Å². The van der Waals surface area contributed by atoms with Crippen LogP contribution < -0.4 is 4.74 Å². The summed E-state index contributed by atoms with van der Waals surface area (Å²) in [5.41, 5.74) is 1.09. The van der Waals surface area contributed by atoms with Gasteiger partial charge in [0.25, 0.3) is 0 Å². The summed E-state index contributed by atoms with van der Waals surface area (Å²) in [6.45, 7) is 12.8. The fourth-order valence-corrected chi connectivity index (χ4v) is 4.29. The molecule has 3 aromatic rings. The Labute approximate surface area is 159 Å². The van der Waals surface area contributed by atoms with Crippen molar-refractivity contribution in [2.75, 3.05) is 0 Å². The average molecular weight is 370 g/mol. The topological polar surface area (TPSA) is 39.2 Å². The molecule has 138 valence electrons. The second-order valence-electron chi connectivity index (χ2n) is 9.32. The van der Waals surface area contributed by atoms with Crippen LogP contribution in [-0.2, 0) is 11.2 Å². The molecule has 0 fully saturated rings. The van der Waals surface area contributed by atoms with E-state index >= 15 is 0 Å². The zero-order valence-electron chi connectivity index (χ0n) is 16.5. The zero-order valence-corrected chi connectivity index (χ0v) is 17.3. The maximum Gasteiger partial charge on any atom is 0.311 e. The van der Waals surface area contributed by atoms with Gasteiger partial charge in [0.1, 0.15) is 5.75 Å². The first kappa shape index (κ1) is 18.8. The number of benzene rings is 2. The van der Waals surface area contributed by atoms with Crippen molar-refractivity contribution in [1.82, 2.24) is 4.98 Å². The Kier molecular flexibility index (Phi) is 4.82. The zero-order chi connectivity index (χ0) is 19.1. The SMILES string of the molecule is CC(C)(C)CC(=O)Oc1cc2sc(CC(C)(C)C)nc2c2ccccc12. The molecule has 0 unspecified atom stereocenters. The van der Waals surface area contributed by atoms with Crippen LogP contribution in [0.2, 0.25) is 0 Å². The highest BCUT2D eigenvalue weighted by Gasteiger charge is 2.21. The van der Waals surface area contributed by atoms with E-state index in [2.05, 4.69) is 26.8 Å². The van der Waals surface area contributed by atoms with Gasteiger partial charge in [0, 0.05) is 23.3 Å². The Bertz CT molecular complexity index is 958. The smallest absolute Gasteiger partial charge is 0.311 e. The largest absolute Gasteiger partial charge is 0.426 e. The molecule has 0 amide bonds. The minimum atomic E-state index is -0.193. The number of carbonyl (C=O) groups is 1. The number of hydrogen-bond acceptors (Lipinski definition) is 4. The van der Waals surface area contributed by atoms with E-state index in [1.165, 1.54) is 0 Å². The quantitative estimate of drug-likeness (QED) is 0.397. The molecule has 0 spiro atoms. The Hall–Kier alpha value is -1.94. The summed E-state index contributed by atoms with van der Waals surface area (Å²) < 4.78 is 6.83. The van der Waals surface area contributed by atoms with Crippen LogP contribution in [0.5, 0.6) is 5.75 Å². The molecule has 4 heteroatoms. The molecule has 0 saturated heterocycles. The first-order valence-electron chi connectivity index (χ1n) is 9.04. The number of hydrogen-bond donors (Lipinski definition) is 0. The van der Waals surface area contributed by atoms with E-state index in [-0.39, 0.29) is 16.8 Å². The fraction of sp³-hybridized carbons (Fsp3) is 0.455. The first-order chi connectivity index (χ1) is 12.0. The highest BCUT2D eigenvalue weighted by Crippen LogP contribution is 2.37. The van der Waals surface area contributed by atoms with Crippen molar-refractivity contribution in [3.05, 3.63) is 35.3 Å². The van der Waals surface area contributed by atoms with Gasteiger partial charge in [-0.1, -0.05) is 65.8 Å². The van der Waals surface area contributed by atoms with Gasteiger partial charge in [-0.05, 0) is 10.8 Å². The molecule has 2 aromatic carbocycles. The van der Waals surface area contributed by atoms with Gasteiger partial charge in [-0.3, -0.25) is 4.79 Å². The summed E-state index contributed by atoms with van der Waals surface area (Å²) in [7, 11) is 0. The van der Waals surface area contributed by atoms with E-state index in [1.54, 1.807) is 11.3 Å². The minimum absolute atomic E-state index is 0.0959. The molecule has 3 nitrogen and oxygen atoms in total. The Morgan fingerprint density at radius 3 is 2.31 bits per heavy atom. The van der Waals surface area contributed by atoms with Crippen molar-refractivity contribution in [2.24, 2.45) is 10.8 Å². The van der Waals surface area contributed by atoms with Crippen LogP contribution in [0.15, 0.2) is 30.3 Å². The molecule has 0 aliphatic heterocycles. The number of aromatic nitrogens is 1. The number of nitrogens with zero attached hydrogens (tertiary/aromatic N) is 1.